The van der Waals surface area contributed by atoms with Crippen LogP contribution >= 0.6 is 11.6 Å². The number of nitrogens with two attached hydrogens (primary N) is 1. The highest BCUT2D eigenvalue weighted by molar-refractivity contribution is 6.31. The average molecular weight is 291 g/mol. The number of benzene rings is 2. The Bertz CT molecular complexity index is 642. The molecule has 1 aliphatic rings. The van der Waals surface area contributed by atoms with Gasteiger partial charge in [-0.05, 0) is 48.2 Å². The van der Waals surface area contributed by atoms with Crippen molar-refractivity contribution >= 4 is 23.0 Å². The second-order valence-corrected chi connectivity index (χ2v) is 5.50. The van der Waals surface area contributed by atoms with Crippen molar-refractivity contribution in [2.75, 3.05) is 17.2 Å². The summed E-state index contributed by atoms with van der Waals surface area (Å²) in [4.78, 5) is 2.24. The van der Waals surface area contributed by atoms with Crippen molar-refractivity contribution in [2.45, 2.75) is 19.4 Å². The first-order valence-electron chi connectivity index (χ1n) is 6.71. The Morgan fingerprint density at radius 1 is 1.25 bits per heavy atom. The maximum atomic E-state index is 13.5. The minimum absolute atomic E-state index is 0.218. The Hall–Kier alpha value is -1.74. The van der Waals surface area contributed by atoms with Crippen LogP contribution in [0.1, 0.15) is 17.5 Å². The van der Waals surface area contributed by atoms with Crippen molar-refractivity contribution in [3.05, 3.63) is 58.4 Å². The predicted octanol–water partition coefficient (Wildman–Crippen LogP) is 4.01. The van der Waals surface area contributed by atoms with E-state index in [-0.39, 0.29) is 10.8 Å². The molecule has 0 amide bonds. The van der Waals surface area contributed by atoms with Crippen LogP contribution < -0.4 is 10.6 Å². The molecule has 104 valence electrons. The fourth-order valence-corrected chi connectivity index (χ4v) is 2.92. The third-order valence-corrected chi connectivity index (χ3v) is 4.13. The second-order valence-electron chi connectivity index (χ2n) is 5.13. The largest absolute Gasteiger partial charge is 0.399 e. The molecule has 0 aromatic heterocycles. The van der Waals surface area contributed by atoms with E-state index < -0.39 is 0 Å². The van der Waals surface area contributed by atoms with Crippen LogP contribution in [0.2, 0.25) is 5.02 Å². The molecular formula is C16H16ClFN2. The van der Waals surface area contributed by atoms with E-state index in [1.807, 2.05) is 24.3 Å². The highest BCUT2D eigenvalue weighted by Crippen LogP contribution is 2.31. The van der Waals surface area contributed by atoms with E-state index in [4.69, 9.17) is 17.3 Å². The number of nitrogen functional groups attached to an aromatic ring is 1. The summed E-state index contributed by atoms with van der Waals surface area (Å²) in [5, 5.41) is 0.218. The SMILES string of the molecule is Nc1ccc2c(c1)CCCN2Cc1cccc(F)c1Cl. The molecule has 20 heavy (non-hydrogen) atoms. The van der Waals surface area contributed by atoms with Crippen LogP contribution in [0.25, 0.3) is 0 Å². The number of hydrogen-bond acceptors (Lipinski definition) is 2. The van der Waals surface area contributed by atoms with Gasteiger partial charge in [0.1, 0.15) is 5.82 Å². The number of anilines is 2. The van der Waals surface area contributed by atoms with Crippen LogP contribution in [-0.4, -0.2) is 6.54 Å². The first kappa shape index (κ1) is 13.3. The van der Waals surface area contributed by atoms with Gasteiger partial charge in [-0.25, -0.2) is 4.39 Å². The highest BCUT2D eigenvalue weighted by atomic mass is 35.5. The molecule has 2 aromatic carbocycles. The first-order chi connectivity index (χ1) is 9.65. The summed E-state index contributed by atoms with van der Waals surface area (Å²) in [6, 6.07) is 10.9. The summed E-state index contributed by atoms with van der Waals surface area (Å²) in [6.45, 7) is 1.57. The van der Waals surface area contributed by atoms with E-state index in [0.29, 0.717) is 6.54 Å². The van der Waals surface area contributed by atoms with E-state index >= 15 is 0 Å². The third-order valence-electron chi connectivity index (χ3n) is 3.71. The molecule has 0 aliphatic carbocycles. The van der Waals surface area contributed by atoms with E-state index in [0.717, 1.165) is 30.6 Å². The van der Waals surface area contributed by atoms with Crippen LogP contribution in [0.4, 0.5) is 15.8 Å². The van der Waals surface area contributed by atoms with Gasteiger partial charge in [-0.3, -0.25) is 0 Å². The van der Waals surface area contributed by atoms with Gasteiger partial charge in [0, 0.05) is 24.5 Å². The van der Waals surface area contributed by atoms with Gasteiger partial charge in [0.2, 0.25) is 0 Å². The average Bonchev–Trinajstić information content (AvgIpc) is 2.44. The molecule has 2 aromatic rings. The zero-order valence-electron chi connectivity index (χ0n) is 11.1. The quantitative estimate of drug-likeness (QED) is 0.847. The fourth-order valence-electron chi connectivity index (χ4n) is 2.74. The molecule has 4 heteroatoms. The van der Waals surface area contributed by atoms with Gasteiger partial charge in [0.05, 0.1) is 5.02 Å². The fraction of sp³-hybridized carbons (Fsp3) is 0.250. The summed E-state index contributed by atoms with van der Waals surface area (Å²) in [5.41, 5.74) is 9.86. The van der Waals surface area contributed by atoms with E-state index in [2.05, 4.69) is 4.90 Å². The van der Waals surface area contributed by atoms with E-state index in [1.165, 1.54) is 17.3 Å². The molecule has 2 nitrogen and oxygen atoms in total. The Balaban J connectivity index is 1.91. The van der Waals surface area contributed by atoms with Gasteiger partial charge in [0.15, 0.2) is 0 Å². The highest BCUT2D eigenvalue weighted by Gasteiger charge is 2.18. The summed E-state index contributed by atoms with van der Waals surface area (Å²) < 4.78 is 13.5. The maximum absolute atomic E-state index is 13.5. The molecule has 0 fully saturated rings. The topological polar surface area (TPSA) is 29.3 Å². The number of halogens is 2. The van der Waals surface area contributed by atoms with Crippen LogP contribution in [0.3, 0.4) is 0 Å². The van der Waals surface area contributed by atoms with Crippen LogP contribution in [0.15, 0.2) is 36.4 Å². The zero-order chi connectivity index (χ0) is 14.1. The molecule has 3 rings (SSSR count). The van der Waals surface area contributed by atoms with Crippen molar-refractivity contribution in [1.29, 1.82) is 0 Å². The molecule has 0 saturated heterocycles. The number of fused-ring (bicyclic) bond motifs is 1. The van der Waals surface area contributed by atoms with E-state index in [9.17, 15) is 4.39 Å². The number of aryl methyl sites for hydroxylation is 1. The molecule has 1 heterocycles. The van der Waals surface area contributed by atoms with Gasteiger partial charge in [0.25, 0.3) is 0 Å². The molecule has 0 spiro atoms. The minimum atomic E-state index is -0.362. The third kappa shape index (κ3) is 2.46. The standard InChI is InChI=1S/C16H16ClFN2/c17-16-12(3-1-5-14(16)18)10-20-8-2-4-11-9-13(19)6-7-15(11)20/h1,3,5-7,9H,2,4,8,10,19H2. The summed E-state index contributed by atoms with van der Waals surface area (Å²) in [7, 11) is 0. The normalized spacial score (nSPS) is 14.2. The molecule has 0 atom stereocenters. The Morgan fingerprint density at radius 2 is 2.10 bits per heavy atom. The van der Waals surface area contributed by atoms with Crippen molar-refractivity contribution in [3.63, 3.8) is 0 Å². The van der Waals surface area contributed by atoms with Crippen molar-refractivity contribution in [1.82, 2.24) is 0 Å². The lowest BCUT2D eigenvalue weighted by molar-refractivity contribution is 0.623. The number of nitrogens with zero attached hydrogens (tertiary/aromatic N) is 1. The Kier molecular flexibility index (Phi) is 3.53. The first-order valence-corrected chi connectivity index (χ1v) is 7.09. The number of rotatable bonds is 2. The van der Waals surface area contributed by atoms with Gasteiger partial charge >= 0.3 is 0 Å². The maximum Gasteiger partial charge on any atom is 0.142 e. The van der Waals surface area contributed by atoms with Gasteiger partial charge in [-0.15, -0.1) is 0 Å². The molecule has 2 N–H and O–H groups in total. The summed E-state index contributed by atoms with van der Waals surface area (Å²) in [6.07, 6.45) is 2.11. The second kappa shape index (κ2) is 5.33. The Labute approximate surface area is 123 Å². The minimum Gasteiger partial charge on any atom is -0.399 e. The van der Waals surface area contributed by atoms with E-state index in [1.54, 1.807) is 6.07 Å². The van der Waals surface area contributed by atoms with Crippen LogP contribution in [0.5, 0.6) is 0 Å². The molecule has 0 radical (unpaired) electrons. The molecule has 0 unspecified atom stereocenters. The molecule has 0 bridgehead atoms. The molecule has 0 saturated carbocycles. The van der Waals surface area contributed by atoms with Crippen molar-refractivity contribution in [3.8, 4) is 0 Å². The summed E-state index contributed by atoms with van der Waals surface area (Å²) in [5.74, 6) is -0.362. The molecular weight excluding hydrogens is 275 g/mol. The lowest BCUT2D eigenvalue weighted by Gasteiger charge is -2.31. The van der Waals surface area contributed by atoms with Gasteiger partial charge in [-0.2, -0.15) is 0 Å². The van der Waals surface area contributed by atoms with Gasteiger partial charge < -0.3 is 10.6 Å². The lowest BCUT2D eigenvalue weighted by Crippen LogP contribution is -2.29. The zero-order valence-corrected chi connectivity index (χ0v) is 11.8. The van der Waals surface area contributed by atoms with Crippen LogP contribution in [-0.2, 0) is 13.0 Å². The van der Waals surface area contributed by atoms with Crippen molar-refractivity contribution in [2.24, 2.45) is 0 Å². The predicted molar refractivity (Wildman–Crippen MR) is 81.6 cm³/mol. The van der Waals surface area contributed by atoms with Gasteiger partial charge in [-0.1, -0.05) is 23.7 Å². The monoisotopic (exact) mass is 290 g/mol. The smallest absolute Gasteiger partial charge is 0.142 e. The number of hydrogen-bond donors (Lipinski definition) is 1. The summed E-state index contributed by atoms with van der Waals surface area (Å²) >= 11 is 6.04. The molecule has 1 aliphatic heterocycles. The lowest BCUT2D eigenvalue weighted by atomic mass is 10.0. The Morgan fingerprint density at radius 3 is 2.95 bits per heavy atom. The van der Waals surface area contributed by atoms with Crippen molar-refractivity contribution < 1.29 is 4.39 Å². The van der Waals surface area contributed by atoms with Crippen LogP contribution in [0, 0.1) is 5.82 Å².